The Morgan fingerprint density at radius 3 is 2.78 bits per heavy atom. The third-order valence-electron chi connectivity index (χ3n) is 6.11. The second-order valence-corrected chi connectivity index (χ2v) is 9.55. The quantitative estimate of drug-likeness (QED) is 0.535. The van der Waals surface area contributed by atoms with Crippen LogP contribution in [0.15, 0.2) is 30.3 Å². The van der Waals surface area contributed by atoms with Crippen molar-refractivity contribution in [1.82, 2.24) is 10.2 Å². The minimum Gasteiger partial charge on any atom is -0.478 e. The fourth-order valence-corrected chi connectivity index (χ4v) is 5.60. The van der Waals surface area contributed by atoms with Crippen molar-refractivity contribution in [3.8, 4) is 10.4 Å². The molecule has 2 atom stereocenters. The number of ether oxygens (including phenoxy) is 1. The third kappa shape index (κ3) is 4.88. The van der Waals surface area contributed by atoms with E-state index in [9.17, 15) is 14.7 Å². The highest BCUT2D eigenvalue weighted by Gasteiger charge is 2.40. The van der Waals surface area contributed by atoms with Gasteiger partial charge in [-0.3, -0.25) is 4.79 Å². The van der Waals surface area contributed by atoms with Crippen LogP contribution in [0.2, 0.25) is 0 Å². The molecule has 2 fully saturated rings. The SMILES string of the molecule is C[C@H](c1cc(CCCN)c(-c2ccccc2C(=O)O)s1)N(C(=O)[C@H]1CNCCO1)C1CC1. The number of hydrogen-bond donors (Lipinski definition) is 3. The van der Waals surface area contributed by atoms with Crippen LogP contribution in [-0.4, -0.2) is 60.3 Å². The monoisotopic (exact) mass is 457 g/mol. The zero-order valence-electron chi connectivity index (χ0n) is 18.4. The van der Waals surface area contributed by atoms with Crippen molar-refractivity contribution >= 4 is 23.2 Å². The highest BCUT2D eigenvalue weighted by molar-refractivity contribution is 7.15. The molecule has 1 saturated carbocycles. The number of carboxylic acids is 1. The van der Waals surface area contributed by atoms with Gasteiger partial charge in [0, 0.05) is 34.4 Å². The van der Waals surface area contributed by atoms with Gasteiger partial charge in [-0.1, -0.05) is 18.2 Å². The van der Waals surface area contributed by atoms with Gasteiger partial charge in [-0.05, 0) is 56.8 Å². The number of carbonyl (C=O) groups is 2. The zero-order chi connectivity index (χ0) is 22.7. The number of nitrogens with two attached hydrogens (primary N) is 1. The molecular weight excluding hydrogens is 426 g/mol. The molecule has 1 saturated heterocycles. The number of morpholine rings is 1. The Kier molecular flexibility index (Phi) is 7.25. The van der Waals surface area contributed by atoms with Gasteiger partial charge in [-0.15, -0.1) is 11.3 Å². The smallest absolute Gasteiger partial charge is 0.336 e. The fourth-order valence-electron chi connectivity index (χ4n) is 4.30. The largest absolute Gasteiger partial charge is 0.478 e. The number of aromatic carboxylic acids is 1. The lowest BCUT2D eigenvalue weighted by atomic mass is 10.0. The van der Waals surface area contributed by atoms with Crippen LogP contribution in [0.3, 0.4) is 0 Å². The summed E-state index contributed by atoms with van der Waals surface area (Å²) in [5, 5.41) is 13.0. The van der Waals surface area contributed by atoms with Crippen molar-refractivity contribution in [2.75, 3.05) is 26.2 Å². The van der Waals surface area contributed by atoms with E-state index < -0.39 is 12.1 Å². The molecule has 8 heteroatoms. The van der Waals surface area contributed by atoms with E-state index in [-0.39, 0.29) is 18.0 Å². The zero-order valence-corrected chi connectivity index (χ0v) is 19.2. The average Bonchev–Trinajstić information content (AvgIpc) is 3.55. The van der Waals surface area contributed by atoms with Crippen LogP contribution in [0.5, 0.6) is 0 Å². The van der Waals surface area contributed by atoms with Gasteiger partial charge in [0.15, 0.2) is 0 Å². The van der Waals surface area contributed by atoms with Crippen molar-refractivity contribution in [1.29, 1.82) is 0 Å². The second-order valence-electron chi connectivity index (χ2n) is 8.46. The molecule has 1 aromatic carbocycles. The van der Waals surface area contributed by atoms with Crippen molar-refractivity contribution < 1.29 is 19.4 Å². The van der Waals surface area contributed by atoms with Gasteiger partial charge in [-0.25, -0.2) is 4.79 Å². The number of benzene rings is 1. The predicted octanol–water partition coefficient (Wildman–Crippen LogP) is 3.05. The van der Waals surface area contributed by atoms with Gasteiger partial charge in [-0.2, -0.15) is 0 Å². The highest BCUT2D eigenvalue weighted by Crippen LogP contribution is 2.42. The molecule has 1 aliphatic heterocycles. The number of thiophene rings is 1. The summed E-state index contributed by atoms with van der Waals surface area (Å²) in [5.41, 5.74) is 7.87. The van der Waals surface area contributed by atoms with Gasteiger partial charge >= 0.3 is 5.97 Å². The maximum Gasteiger partial charge on any atom is 0.336 e. The maximum absolute atomic E-state index is 13.3. The summed E-state index contributed by atoms with van der Waals surface area (Å²) < 4.78 is 5.75. The average molecular weight is 458 g/mol. The first-order valence-corrected chi connectivity index (χ1v) is 12.1. The normalized spacial score (nSPS) is 19.5. The molecule has 2 aromatic rings. The lowest BCUT2D eigenvalue weighted by Gasteiger charge is -2.33. The van der Waals surface area contributed by atoms with Crippen molar-refractivity contribution in [2.45, 2.75) is 50.8 Å². The van der Waals surface area contributed by atoms with Gasteiger partial charge in [0.1, 0.15) is 6.10 Å². The van der Waals surface area contributed by atoms with Gasteiger partial charge < -0.3 is 25.8 Å². The Balaban J connectivity index is 1.68. The summed E-state index contributed by atoms with van der Waals surface area (Å²) in [5.74, 6) is -0.901. The molecule has 0 radical (unpaired) electrons. The molecule has 2 aliphatic rings. The standard InChI is InChI=1S/C24H31N3O4S/c1-15(27(17-8-9-17)23(28)20-14-26-11-12-31-20)21-13-16(5-4-10-25)22(32-21)18-6-2-3-7-19(18)24(29)30/h2-3,6-7,13,15,17,20,26H,4-5,8-12,14,25H2,1H3,(H,29,30)/t15-,20-/m1/s1. The van der Waals surface area contributed by atoms with Crippen LogP contribution in [-0.2, 0) is 16.0 Å². The third-order valence-corrected chi connectivity index (χ3v) is 7.49. The highest BCUT2D eigenvalue weighted by atomic mass is 32.1. The topological polar surface area (TPSA) is 105 Å². The molecule has 2 heterocycles. The predicted molar refractivity (Wildman–Crippen MR) is 125 cm³/mol. The van der Waals surface area contributed by atoms with E-state index in [1.54, 1.807) is 23.5 Å². The molecule has 172 valence electrons. The van der Waals surface area contributed by atoms with Crippen LogP contribution < -0.4 is 11.1 Å². The van der Waals surface area contributed by atoms with Crippen LogP contribution >= 0.6 is 11.3 Å². The summed E-state index contributed by atoms with van der Waals surface area (Å²) in [6.07, 6.45) is 3.17. The summed E-state index contributed by atoms with van der Waals surface area (Å²) >= 11 is 1.59. The van der Waals surface area contributed by atoms with Crippen LogP contribution in [0.25, 0.3) is 10.4 Å². The lowest BCUT2D eigenvalue weighted by Crippen LogP contribution is -2.50. The molecule has 0 bridgehead atoms. The number of nitrogens with one attached hydrogen (secondary N) is 1. The first-order chi connectivity index (χ1) is 15.5. The molecule has 0 spiro atoms. The van der Waals surface area contributed by atoms with E-state index in [1.165, 1.54) is 0 Å². The first-order valence-electron chi connectivity index (χ1n) is 11.3. The molecule has 4 rings (SSSR count). The Morgan fingerprint density at radius 2 is 2.12 bits per heavy atom. The van der Waals surface area contributed by atoms with Crippen LogP contribution in [0, 0.1) is 0 Å². The Labute approximate surface area is 192 Å². The molecule has 1 amide bonds. The van der Waals surface area contributed by atoms with E-state index in [0.717, 1.165) is 53.1 Å². The lowest BCUT2D eigenvalue weighted by molar-refractivity contribution is -0.148. The van der Waals surface area contributed by atoms with Gasteiger partial charge in [0.25, 0.3) is 5.91 Å². The number of nitrogens with zero attached hydrogens (tertiary/aromatic N) is 1. The van der Waals surface area contributed by atoms with Crippen LogP contribution in [0.1, 0.15) is 53.0 Å². The van der Waals surface area contributed by atoms with Gasteiger partial charge in [0.2, 0.25) is 0 Å². The minimum absolute atomic E-state index is 0.0385. The van der Waals surface area contributed by atoms with Crippen molar-refractivity contribution in [2.24, 2.45) is 5.73 Å². The van der Waals surface area contributed by atoms with E-state index in [1.807, 2.05) is 17.0 Å². The number of carbonyl (C=O) groups excluding carboxylic acids is 1. The van der Waals surface area contributed by atoms with Crippen LogP contribution in [0.4, 0.5) is 0 Å². The van der Waals surface area contributed by atoms with E-state index >= 15 is 0 Å². The molecule has 7 nitrogen and oxygen atoms in total. The maximum atomic E-state index is 13.3. The molecule has 4 N–H and O–H groups in total. The molecule has 1 aliphatic carbocycles. The second kappa shape index (κ2) is 10.1. The van der Waals surface area contributed by atoms with E-state index in [0.29, 0.717) is 25.3 Å². The number of rotatable bonds is 9. The number of hydrogen-bond acceptors (Lipinski definition) is 6. The first kappa shape index (κ1) is 22.9. The Bertz CT molecular complexity index is 966. The molecule has 32 heavy (non-hydrogen) atoms. The van der Waals surface area contributed by atoms with Crippen molar-refractivity contribution in [3.05, 3.63) is 46.3 Å². The molecule has 0 unspecified atom stereocenters. The summed E-state index contributed by atoms with van der Waals surface area (Å²) in [7, 11) is 0. The molecule has 1 aromatic heterocycles. The number of carboxylic acid groups (broad SMARTS) is 1. The van der Waals surface area contributed by atoms with Crippen molar-refractivity contribution in [3.63, 3.8) is 0 Å². The number of aryl methyl sites for hydroxylation is 1. The molecular formula is C24H31N3O4S. The Hall–Kier alpha value is -2.26. The number of amides is 1. The van der Waals surface area contributed by atoms with Gasteiger partial charge in [0.05, 0.1) is 18.2 Å². The Morgan fingerprint density at radius 1 is 1.34 bits per heavy atom. The summed E-state index contributed by atoms with van der Waals surface area (Å²) in [4.78, 5) is 29.2. The minimum atomic E-state index is -0.940. The summed E-state index contributed by atoms with van der Waals surface area (Å²) in [6.45, 7) is 4.49. The fraction of sp³-hybridized carbons (Fsp3) is 0.500. The summed E-state index contributed by atoms with van der Waals surface area (Å²) in [6, 6.07) is 9.39. The van der Waals surface area contributed by atoms with E-state index in [4.69, 9.17) is 10.5 Å². The van der Waals surface area contributed by atoms with E-state index in [2.05, 4.69) is 18.3 Å².